The monoisotopic (exact) mass is 634 g/mol. The van der Waals surface area contributed by atoms with Gasteiger partial charge in [-0.25, -0.2) is 9.80 Å². The van der Waals surface area contributed by atoms with Gasteiger partial charge in [-0.3, -0.25) is 19.2 Å². The molecule has 3 amide bonds. The minimum atomic E-state index is -0.742. The number of carbonyl (C=O) groups is 5. The van der Waals surface area contributed by atoms with Gasteiger partial charge in [0.15, 0.2) is 5.78 Å². The third kappa shape index (κ3) is 5.87. The highest BCUT2D eigenvalue weighted by Gasteiger charge is 2.51. The van der Waals surface area contributed by atoms with Crippen LogP contribution in [-0.4, -0.2) is 46.0 Å². The van der Waals surface area contributed by atoms with Crippen LogP contribution in [0.1, 0.15) is 50.8 Å². The van der Waals surface area contributed by atoms with Gasteiger partial charge in [-0.15, -0.1) is 0 Å². The molecule has 1 fully saturated rings. The number of amides is 3. The van der Waals surface area contributed by atoms with Gasteiger partial charge in [0.2, 0.25) is 0 Å². The van der Waals surface area contributed by atoms with Gasteiger partial charge in [0.25, 0.3) is 17.7 Å². The molecule has 5 rings (SSSR count). The van der Waals surface area contributed by atoms with E-state index in [9.17, 15) is 24.0 Å². The number of nitrogens with zero attached hydrogens (tertiary/aromatic N) is 2. The molecule has 41 heavy (non-hydrogen) atoms. The standard InChI is InChI=1S/C31H24BrClN2O6/c1-18-6-15-23-25(16-18)30(39)35(29(23)38)34(28(37)24-4-2-3-5-26(24)33)17-27(36)19-9-13-22(14-10-19)41-31(40)20-7-11-21(32)12-8-20/h2-14,23,25H,15-17H2,1H3/t23-,25-/m0/s1. The van der Waals surface area contributed by atoms with Gasteiger partial charge in [0.1, 0.15) is 12.3 Å². The lowest BCUT2D eigenvalue weighted by molar-refractivity contribution is -0.154. The summed E-state index contributed by atoms with van der Waals surface area (Å²) < 4.78 is 6.21. The number of esters is 1. The van der Waals surface area contributed by atoms with Gasteiger partial charge >= 0.3 is 5.97 Å². The largest absolute Gasteiger partial charge is 0.423 e. The predicted molar refractivity (Wildman–Crippen MR) is 154 cm³/mol. The van der Waals surface area contributed by atoms with Crippen LogP contribution in [-0.2, 0) is 9.59 Å². The topological polar surface area (TPSA) is 101 Å². The van der Waals surface area contributed by atoms with E-state index in [2.05, 4.69) is 15.9 Å². The Morgan fingerprint density at radius 2 is 1.56 bits per heavy atom. The second-order valence-electron chi connectivity index (χ2n) is 9.88. The lowest BCUT2D eigenvalue weighted by atomic mass is 9.82. The number of hydrogen-bond acceptors (Lipinski definition) is 6. The smallest absolute Gasteiger partial charge is 0.343 e. The Bertz CT molecular complexity index is 1580. The summed E-state index contributed by atoms with van der Waals surface area (Å²) in [4.78, 5) is 66.4. The van der Waals surface area contributed by atoms with Crippen LogP contribution in [0.3, 0.4) is 0 Å². The van der Waals surface area contributed by atoms with Crippen molar-refractivity contribution < 1.29 is 28.7 Å². The number of fused-ring (bicyclic) bond motifs is 1. The lowest BCUT2D eigenvalue weighted by Gasteiger charge is -2.30. The van der Waals surface area contributed by atoms with Crippen molar-refractivity contribution in [2.45, 2.75) is 19.8 Å². The first kappa shape index (κ1) is 28.4. The van der Waals surface area contributed by atoms with Crippen LogP contribution < -0.4 is 4.74 Å². The average molecular weight is 636 g/mol. The van der Waals surface area contributed by atoms with Crippen molar-refractivity contribution in [1.82, 2.24) is 10.0 Å². The minimum absolute atomic E-state index is 0.0574. The van der Waals surface area contributed by atoms with E-state index in [0.29, 0.717) is 18.4 Å². The summed E-state index contributed by atoms with van der Waals surface area (Å²) in [5, 5.41) is 1.84. The summed E-state index contributed by atoms with van der Waals surface area (Å²) in [6, 6.07) is 18.7. The number of carbonyl (C=O) groups excluding carboxylic acids is 5. The zero-order valence-electron chi connectivity index (χ0n) is 21.9. The quantitative estimate of drug-likeness (QED) is 0.105. The highest BCUT2D eigenvalue weighted by atomic mass is 79.9. The van der Waals surface area contributed by atoms with E-state index in [0.717, 1.165) is 20.1 Å². The van der Waals surface area contributed by atoms with Gasteiger partial charge in [-0.2, -0.15) is 5.01 Å². The highest BCUT2D eigenvalue weighted by molar-refractivity contribution is 9.10. The molecule has 0 unspecified atom stereocenters. The number of Topliss-reactive ketones (excluding diaryl/α,β-unsaturated/α-hetero) is 1. The third-order valence-electron chi connectivity index (χ3n) is 7.14. The molecular formula is C31H24BrClN2O6. The molecular weight excluding hydrogens is 612 g/mol. The number of allylic oxidation sites excluding steroid dienone is 2. The number of imide groups is 1. The number of halogens is 2. The second kappa shape index (κ2) is 11.8. The van der Waals surface area contributed by atoms with Gasteiger partial charge in [0.05, 0.1) is 28.0 Å². The number of hydrazine groups is 1. The van der Waals surface area contributed by atoms with Crippen LogP contribution in [0.4, 0.5) is 0 Å². The molecule has 1 saturated heterocycles. The summed E-state index contributed by atoms with van der Waals surface area (Å²) in [5.74, 6) is -3.84. The highest BCUT2D eigenvalue weighted by Crippen LogP contribution is 2.39. The lowest BCUT2D eigenvalue weighted by Crippen LogP contribution is -2.52. The van der Waals surface area contributed by atoms with E-state index in [1.54, 1.807) is 36.4 Å². The molecule has 0 N–H and O–H groups in total. The van der Waals surface area contributed by atoms with Gasteiger partial charge < -0.3 is 4.74 Å². The van der Waals surface area contributed by atoms with Crippen molar-refractivity contribution in [3.8, 4) is 5.75 Å². The molecule has 8 nitrogen and oxygen atoms in total. The van der Waals surface area contributed by atoms with Crippen LogP contribution in [0.5, 0.6) is 5.75 Å². The van der Waals surface area contributed by atoms with E-state index in [-0.39, 0.29) is 21.9 Å². The molecule has 0 bridgehead atoms. The zero-order valence-corrected chi connectivity index (χ0v) is 24.2. The molecule has 0 radical (unpaired) electrons. The number of ether oxygens (including phenoxy) is 1. The molecule has 2 aliphatic rings. The SMILES string of the molecule is CC1=CC[C@@H]2C(=O)N(N(CC(=O)c3ccc(OC(=O)c4ccc(Br)cc4)cc3)C(=O)c3ccccc3Cl)C(=O)[C@H]2C1. The Labute approximate surface area is 249 Å². The summed E-state index contributed by atoms with van der Waals surface area (Å²) in [6.45, 7) is 1.32. The molecule has 1 aliphatic carbocycles. The Morgan fingerprint density at radius 3 is 2.24 bits per heavy atom. The average Bonchev–Trinajstić information content (AvgIpc) is 3.20. The molecule has 0 aromatic heterocycles. The molecule has 3 aromatic rings. The number of hydrogen-bond donors (Lipinski definition) is 0. The van der Waals surface area contributed by atoms with Crippen molar-refractivity contribution in [1.29, 1.82) is 0 Å². The van der Waals surface area contributed by atoms with E-state index < -0.39 is 47.9 Å². The first-order valence-corrected chi connectivity index (χ1v) is 14.0. The van der Waals surface area contributed by atoms with E-state index >= 15 is 0 Å². The first-order valence-electron chi connectivity index (χ1n) is 12.8. The fourth-order valence-electron chi connectivity index (χ4n) is 4.95. The predicted octanol–water partition coefficient (Wildman–Crippen LogP) is 5.90. The zero-order chi connectivity index (χ0) is 29.3. The summed E-state index contributed by atoms with van der Waals surface area (Å²) >= 11 is 9.59. The van der Waals surface area contributed by atoms with Crippen LogP contribution in [0.2, 0.25) is 5.02 Å². The summed E-state index contributed by atoms with van der Waals surface area (Å²) in [5.41, 5.74) is 1.60. The van der Waals surface area contributed by atoms with E-state index in [4.69, 9.17) is 16.3 Å². The molecule has 208 valence electrons. The molecule has 1 heterocycles. The van der Waals surface area contributed by atoms with Crippen LogP contribution in [0.25, 0.3) is 0 Å². The van der Waals surface area contributed by atoms with Gasteiger partial charge in [-0.05, 0) is 80.4 Å². The van der Waals surface area contributed by atoms with Crippen LogP contribution in [0, 0.1) is 11.8 Å². The molecule has 0 spiro atoms. The fourth-order valence-corrected chi connectivity index (χ4v) is 5.43. The van der Waals surface area contributed by atoms with Gasteiger partial charge in [-0.1, -0.05) is 51.3 Å². The fraction of sp³-hybridized carbons (Fsp3) is 0.194. The maximum atomic E-state index is 13.7. The summed E-state index contributed by atoms with van der Waals surface area (Å²) in [6.07, 6.45) is 2.72. The maximum absolute atomic E-state index is 13.7. The third-order valence-corrected chi connectivity index (χ3v) is 8.00. The summed E-state index contributed by atoms with van der Waals surface area (Å²) in [7, 11) is 0. The van der Waals surface area contributed by atoms with Crippen molar-refractivity contribution >= 4 is 57.0 Å². The second-order valence-corrected chi connectivity index (χ2v) is 11.2. The van der Waals surface area contributed by atoms with Crippen LogP contribution >= 0.6 is 27.5 Å². The molecule has 10 heteroatoms. The minimum Gasteiger partial charge on any atom is -0.423 e. The van der Waals surface area contributed by atoms with E-state index in [1.165, 1.54) is 36.4 Å². The van der Waals surface area contributed by atoms with Crippen molar-refractivity contribution in [2.75, 3.05) is 6.54 Å². The van der Waals surface area contributed by atoms with Crippen molar-refractivity contribution in [2.24, 2.45) is 11.8 Å². The molecule has 3 aromatic carbocycles. The van der Waals surface area contributed by atoms with Gasteiger partial charge in [0, 0.05) is 10.0 Å². The van der Waals surface area contributed by atoms with Crippen LogP contribution in [0.15, 0.2) is 88.9 Å². The van der Waals surface area contributed by atoms with E-state index in [1.807, 2.05) is 13.0 Å². The number of ketones is 1. The van der Waals surface area contributed by atoms with Crippen molar-refractivity contribution in [3.05, 3.63) is 111 Å². The first-order chi connectivity index (χ1) is 19.6. The maximum Gasteiger partial charge on any atom is 0.343 e. The number of rotatable bonds is 7. The number of benzene rings is 3. The molecule has 2 atom stereocenters. The normalized spacial score (nSPS) is 18.0. The van der Waals surface area contributed by atoms with Crippen molar-refractivity contribution in [3.63, 3.8) is 0 Å². The molecule has 0 saturated carbocycles. The Morgan fingerprint density at radius 1 is 0.927 bits per heavy atom. The Balaban J connectivity index is 1.38. The Kier molecular flexibility index (Phi) is 8.19. The Hall–Kier alpha value is -4.08. The molecule has 1 aliphatic heterocycles.